The third-order valence-corrected chi connectivity index (χ3v) is 5.96. The normalized spacial score (nSPS) is 15.9. The van der Waals surface area contributed by atoms with Crippen LogP contribution in [-0.4, -0.2) is 51.9 Å². The lowest BCUT2D eigenvalue weighted by Gasteiger charge is -2.26. The second-order valence-corrected chi connectivity index (χ2v) is 7.48. The Bertz CT molecular complexity index is 996. The Morgan fingerprint density at radius 1 is 1.07 bits per heavy atom. The summed E-state index contributed by atoms with van der Waals surface area (Å²) in [4.78, 5) is 20.7. The number of benzene rings is 1. The summed E-state index contributed by atoms with van der Waals surface area (Å²) in [7, 11) is 0. The molecule has 1 amide bonds. The molecular weight excluding hydrogens is 360 g/mol. The predicted molar refractivity (Wildman–Crippen MR) is 103 cm³/mol. The van der Waals surface area contributed by atoms with E-state index < -0.39 is 0 Å². The van der Waals surface area contributed by atoms with Crippen LogP contribution in [0.3, 0.4) is 0 Å². The standard InChI is InChI=1S/C20H18N4O2S/c25-20(23-9-11-26-12-10-23)18-15-13-27-16-6-2-1-5-14(16)19(15)24(22-18)17-7-3-4-8-21-17/h1-8H,9-13H2. The topological polar surface area (TPSA) is 60.2 Å². The van der Waals surface area contributed by atoms with Gasteiger partial charge >= 0.3 is 0 Å². The van der Waals surface area contributed by atoms with Crippen molar-refractivity contribution in [3.63, 3.8) is 0 Å². The molecule has 2 aliphatic rings. The van der Waals surface area contributed by atoms with Crippen molar-refractivity contribution in [2.24, 2.45) is 0 Å². The molecule has 1 fully saturated rings. The quantitative estimate of drug-likeness (QED) is 0.686. The maximum absolute atomic E-state index is 13.2. The first-order chi connectivity index (χ1) is 13.3. The molecule has 1 aromatic carbocycles. The number of morpholine rings is 1. The molecule has 0 aliphatic carbocycles. The summed E-state index contributed by atoms with van der Waals surface area (Å²) in [6, 6.07) is 14.0. The summed E-state index contributed by atoms with van der Waals surface area (Å²) < 4.78 is 7.21. The fraction of sp³-hybridized carbons (Fsp3) is 0.250. The molecule has 0 bridgehead atoms. The van der Waals surface area contributed by atoms with Crippen LogP contribution in [0.1, 0.15) is 16.1 Å². The van der Waals surface area contributed by atoms with Crippen molar-refractivity contribution in [3.05, 3.63) is 59.9 Å². The van der Waals surface area contributed by atoms with Crippen LogP contribution in [0.25, 0.3) is 17.1 Å². The van der Waals surface area contributed by atoms with Gasteiger partial charge in [0.05, 0.1) is 18.9 Å². The summed E-state index contributed by atoms with van der Waals surface area (Å²) in [5.41, 5.74) is 3.59. The maximum Gasteiger partial charge on any atom is 0.274 e. The molecule has 0 atom stereocenters. The zero-order valence-electron chi connectivity index (χ0n) is 14.7. The van der Waals surface area contributed by atoms with E-state index in [1.165, 1.54) is 4.90 Å². The van der Waals surface area contributed by atoms with Gasteiger partial charge < -0.3 is 9.64 Å². The maximum atomic E-state index is 13.2. The third kappa shape index (κ3) is 2.83. The van der Waals surface area contributed by atoms with Crippen LogP contribution in [0.5, 0.6) is 0 Å². The van der Waals surface area contributed by atoms with Gasteiger partial charge in [0.25, 0.3) is 5.91 Å². The lowest BCUT2D eigenvalue weighted by atomic mass is 10.1. The number of aromatic nitrogens is 3. The lowest BCUT2D eigenvalue weighted by Crippen LogP contribution is -2.41. The van der Waals surface area contributed by atoms with Gasteiger partial charge in [0.2, 0.25) is 0 Å². The van der Waals surface area contributed by atoms with Gasteiger partial charge in [-0.25, -0.2) is 9.67 Å². The summed E-state index contributed by atoms with van der Waals surface area (Å²) in [5.74, 6) is 1.42. The van der Waals surface area contributed by atoms with Gasteiger partial charge in [-0.1, -0.05) is 24.3 Å². The average molecular weight is 378 g/mol. The summed E-state index contributed by atoms with van der Waals surface area (Å²) in [6.07, 6.45) is 1.75. The molecule has 0 N–H and O–H groups in total. The molecule has 3 aromatic rings. The van der Waals surface area contributed by atoms with E-state index >= 15 is 0 Å². The highest BCUT2D eigenvalue weighted by molar-refractivity contribution is 7.98. The molecule has 0 unspecified atom stereocenters. The lowest BCUT2D eigenvalue weighted by molar-refractivity contribution is 0.0298. The highest BCUT2D eigenvalue weighted by Crippen LogP contribution is 2.43. The molecule has 2 aliphatic heterocycles. The van der Waals surface area contributed by atoms with Crippen molar-refractivity contribution >= 4 is 17.7 Å². The number of hydrogen-bond acceptors (Lipinski definition) is 5. The Kier molecular flexibility index (Phi) is 4.18. The molecule has 0 radical (unpaired) electrons. The van der Waals surface area contributed by atoms with Crippen LogP contribution < -0.4 is 0 Å². The first-order valence-electron chi connectivity index (χ1n) is 8.95. The van der Waals surface area contributed by atoms with Gasteiger partial charge in [0.1, 0.15) is 0 Å². The van der Waals surface area contributed by atoms with Gasteiger partial charge in [-0.15, -0.1) is 11.8 Å². The SMILES string of the molecule is O=C(c1nn(-c2ccccn2)c2c1CSc1ccccc1-2)N1CCOCC1. The molecule has 4 heterocycles. The van der Waals surface area contributed by atoms with E-state index in [1.807, 2.05) is 39.9 Å². The highest BCUT2D eigenvalue weighted by atomic mass is 32.2. The Hall–Kier alpha value is -2.64. The summed E-state index contributed by atoms with van der Waals surface area (Å²) in [5, 5.41) is 4.74. The van der Waals surface area contributed by atoms with Crippen LogP contribution in [0, 0.1) is 0 Å². The zero-order chi connectivity index (χ0) is 18.2. The average Bonchev–Trinajstić information content (AvgIpc) is 3.15. The van der Waals surface area contributed by atoms with Gasteiger partial charge in [-0.2, -0.15) is 5.10 Å². The molecule has 136 valence electrons. The Labute approximate surface area is 161 Å². The minimum Gasteiger partial charge on any atom is -0.378 e. The number of thioether (sulfide) groups is 1. The van der Waals surface area contributed by atoms with E-state index in [9.17, 15) is 4.79 Å². The third-order valence-electron chi connectivity index (χ3n) is 4.86. The van der Waals surface area contributed by atoms with Crippen LogP contribution in [0.2, 0.25) is 0 Å². The first kappa shape index (κ1) is 16.5. The largest absolute Gasteiger partial charge is 0.378 e. The van der Waals surface area contributed by atoms with Crippen molar-refractivity contribution in [1.29, 1.82) is 0 Å². The number of carbonyl (C=O) groups is 1. The van der Waals surface area contributed by atoms with E-state index in [-0.39, 0.29) is 5.91 Å². The van der Waals surface area contributed by atoms with Crippen molar-refractivity contribution in [2.45, 2.75) is 10.6 Å². The number of carbonyl (C=O) groups excluding carboxylic acids is 1. The fourth-order valence-corrected chi connectivity index (χ4v) is 4.60. The van der Waals surface area contributed by atoms with Crippen molar-refractivity contribution < 1.29 is 9.53 Å². The minimum atomic E-state index is -0.0239. The van der Waals surface area contributed by atoms with Gasteiger partial charge in [0, 0.05) is 41.1 Å². The Morgan fingerprint density at radius 3 is 2.70 bits per heavy atom. The number of fused-ring (bicyclic) bond motifs is 3. The Morgan fingerprint density at radius 2 is 1.89 bits per heavy atom. The number of amides is 1. The smallest absolute Gasteiger partial charge is 0.274 e. The molecule has 2 aromatic heterocycles. The summed E-state index contributed by atoms with van der Waals surface area (Å²) >= 11 is 1.75. The van der Waals surface area contributed by atoms with Crippen molar-refractivity contribution in [2.75, 3.05) is 26.3 Å². The number of rotatable bonds is 2. The number of pyridine rings is 1. The molecule has 1 saturated heterocycles. The molecular formula is C20H18N4O2S. The van der Waals surface area contributed by atoms with E-state index in [2.05, 4.69) is 17.1 Å². The highest BCUT2D eigenvalue weighted by Gasteiger charge is 2.32. The van der Waals surface area contributed by atoms with E-state index in [0.717, 1.165) is 28.4 Å². The van der Waals surface area contributed by atoms with E-state index in [1.54, 1.807) is 18.0 Å². The van der Waals surface area contributed by atoms with E-state index in [4.69, 9.17) is 9.84 Å². The molecule has 5 rings (SSSR count). The van der Waals surface area contributed by atoms with E-state index in [0.29, 0.717) is 32.0 Å². The Balaban J connectivity index is 1.68. The fourth-order valence-electron chi connectivity index (χ4n) is 3.53. The first-order valence-corrected chi connectivity index (χ1v) is 9.94. The van der Waals surface area contributed by atoms with Crippen LogP contribution in [0.4, 0.5) is 0 Å². The molecule has 0 saturated carbocycles. The molecule has 6 nitrogen and oxygen atoms in total. The van der Waals surface area contributed by atoms with Gasteiger partial charge in [0.15, 0.2) is 11.5 Å². The molecule has 0 spiro atoms. The predicted octanol–water partition coefficient (Wildman–Crippen LogP) is 3.01. The zero-order valence-corrected chi connectivity index (χ0v) is 15.5. The number of ether oxygens (including phenoxy) is 1. The van der Waals surface area contributed by atoms with Gasteiger partial charge in [-0.3, -0.25) is 4.79 Å². The molecule has 7 heteroatoms. The minimum absolute atomic E-state index is 0.0239. The number of hydrogen-bond donors (Lipinski definition) is 0. The van der Waals surface area contributed by atoms with Crippen molar-refractivity contribution in [3.8, 4) is 17.1 Å². The van der Waals surface area contributed by atoms with Crippen LogP contribution in [-0.2, 0) is 10.5 Å². The van der Waals surface area contributed by atoms with Crippen molar-refractivity contribution in [1.82, 2.24) is 19.7 Å². The van der Waals surface area contributed by atoms with Gasteiger partial charge in [-0.05, 0) is 18.2 Å². The second kappa shape index (κ2) is 6.83. The van der Waals surface area contributed by atoms with Crippen LogP contribution >= 0.6 is 11.8 Å². The molecule has 27 heavy (non-hydrogen) atoms. The van der Waals surface area contributed by atoms with Crippen LogP contribution in [0.15, 0.2) is 53.6 Å². The number of nitrogens with zero attached hydrogens (tertiary/aromatic N) is 4. The monoisotopic (exact) mass is 378 g/mol. The second-order valence-electron chi connectivity index (χ2n) is 6.46. The summed E-state index contributed by atoms with van der Waals surface area (Å²) in [6.45, 7) is 2.36.